The van der Waals surface area contributed by atoms with Crippen molar-refractivity contribution in [2.75, 3.05) is 7.11 Å². The van der Waals surface area contributed by atoms with Crippen LogP contribution in [0, 0.1) is 11.3 Å². The number of ether oxygens (including phenoxy) is 1. The minimum atomic E-state index is -0.411. The number of carbonyl (C=O) groups excluding carboxylic acids is 1. The molecule has 0 saturated carbocycles. The smallest absolute Gasteiger partial charge is 0.164 e. The molecular formula is C17H15NO2. The van der Waals surface area contributed by atoms with E-state index in [0.717, 1.165) is 5.56 Å². The number of rotatable bonds is 5. The van der Waals surface area contributed by atoms with Crippen LogP contribution in [0.4, 0.5) is 0 Å². The van der Waals surface area contributed by atoms with E-state index in [1.54, 1.807) is 31.4 Å². The lowest BCUT2D eigenvalue weighted by molar-refractivity contribution is 0.0979. The maximum Gasteiger partial charge on any atom is 0.164 e. The Morgan fingerprint density at radius 3 is 2.35 bits per heavy atom. The van der Waals surface area contributed by atoms with Crippen molar-refractivity contribution >= 4 is 5.78 Å². The molecule has 0 amide bonds. The topological polar surface area (TPSA) is 50.1 Å². The molecule has 0 heterocycles. The van der Waals surface area contributed by atoms with E-state index in [2.05, 4.69) is 6.07 Å². The Balaban J connectivity index is 2.11. The summed E-state index contributed by atoms with van der Waals surface area (Å²) in [6, 6.07) is 18.5. The number of nitriles is 1. The van der Waals surface area contributed by atoms with Gasteiger partial charge in [-0.25, -0.2) is 0 Å². The normalized spacial score (nSPS) is 11.4. The van der Waals surface area contributed by atoms with Crippen LogP contribution in [0.2, 0.25) is 0 Å². The number of hydrogen-bond donors (Lipinski definition) is 0. The van der Waals surface area contributed by atoms with Gasteiger partial charge in [0.05, 0.1) is 19.1 Å². The molecule has 0 aromatic heterocycles. The first-order chi connectivity index (χ1) is 9.74. The van der Waals surface area contributed by atoms with Gasteiger partial charge in [-0.05, 0) is 29.8 Å². The van der Waals surface area contributed by atoms with Gasteiger partial charge in [0.2, 0.25) is 0 Å². The molecule has 0 unspecified atom stereocenters. The Morgan fingerprint density at radius 1 is 1.15 bits per heavy atom. The minimum Gasteiger partial charge on any atom is -0.497 e. The summed E-state index contributed by atoms with van der Waals surface area (Å²) in [6.07, 6.45) is 0.187. The summed E-state index contributed by atoms with van der Waals surface area (Å²) >= 11 is 0. The molecule has 2 rings (SSSR count). The quantitative estimate of drug-likeness (QED) is 0.776. The van der Waals surface area contributed by atoms with Gasteiger partial charge in [0.1, 0.15) is 5.75 Å². The van der Waals surface area contributed by atoms with Crippen LogP contribution in [-0.2, 0) is 0 Å². The third-order valence-electron chi connectivity index (χ3n) is 3.16. The number of ketones is 1. The fraction of sp³-hybridized carbons (Fsp3) is 0.176. The fourth-order valence-electron chi connectivity index (χ4n) is 2.00. The first kappa shape index (κ1) is 13.8. The fourth-order valence-corrected chi connectivity index (χ4v) is 2.00. The summed E-state index contributed by atoms with van der Waals surface area (Å²) in [4.78, 5) is 12.2. The zero-order valence-electron chi connectivity index (χ0n) is 11.2. The second-order valence-corrected chi connectivity index (χ2v) is 4.45. The molecule has 0 N–H and O–H groups in total. The van der Waals surface area contributed by atoms with E-state index in [4.69, 9.17) is 4.74 Å². The summed E-state index contributed by atoms with van der Waals surface area (Å²) in [5.41, 5.74) is 1.47. The van der Waals surface area contributed by atoms with Gasteiger partial charge < -0.3 is 4.74 Å². The molecule has 20 heavy (non-hydrogen) atoms. The highest BCUT2D eigenvalue weighted by Gasteiger charge is 2.16. The van der Waals surface area contributed by atoms with Crippen molar-refractivity contribution in [2.24, 2.45) is 0 Å². The van der Waals surface area contributed by atoms with Gasteiger partial charge in [0.15, 0.2) is 5.78 Å². The van der Waals surface area contributed by atoms with Crippen LogP contribution in [0.5, 0.6) is 5.75 Å². The van der Waals surface area contributed by atoms with Gasteiger partial charge in [-0.1, -0.05) is 30.3 Å². The number of methoxy groups -OCH3 is 1. The van der Waals surface area contributed by atoms with Crippen molar-refractivity contribution in [3.63, 3.8) is 0 Å². The molecule has 1 atom stereocenters. The molecule has 0 fully saturated rings. The Kier molecular flexibility index (Phi) is 4.52. The molecule has 0 saturated heterocycles. The van der Waals surface area contributed by atoms with E-state index in [9.17, 15) is 10.1 Å². The van der Waals surface area contributed by atoms with Crippen molar-refractivity contribution in [3.05, 3.63) is 65.7 Å². The Labute approximate surface area is 118 Å². The minimum absolute atomic E-state index is 0.0388. The van der Waals surface area contributed by atoms with Gasteiger partial charge >= 0.3 is 0 Å². The van der Waals surface area contributed by atoms with Gasteiger partial charge in [0, 0.05) is 12.0 Å². The maximum atomic E-state index is 12.2. The summed E-state index contributed by atoms with van der Waals surface area (Å²) in [5.74, 6) is 0.260. The zero-order chi connectivity index (χ0) is 14.4. The molecule has 3 nitrogen and oxygen atoms in total. The van der Waals surface area contributed by atoms with Crippen molar-refractivity contribution in [2.45, 2.75) is 12.3 Å². The second kappa shape index (κ2) is 6.53. The molecule has 3 heteroatoms. The van der Waals surface area contributed by atoms with E-state index in [-0.39, 0.29) is 12.2 Å². The molecule has 2 aromatic rings. The Bertz CT molecular complexity index is 612. The average molecular weight is 265 g/mol. The first-order valence-corrected chi connectivity index (χ1v) is 6.36. The van der Waals surface area contributed by atoms with Crippen LogP contribution in [0.15, 0.2) is 54.6 Å². The van der Waals surface area contributed by atoms with Crippen LogP contribution in [-0.4, -0.2) is 12.9 Å². The summed E-state index contributed by atoms with van der Waals surface area (Å²) < 4.78 is 5.06. The van der Waals surface area contributed by atoms with Crippen molar-refractivity contribution in [1.82, 2.24) is 0 Å². The first-order valence-electron chi connectivity index (χ1n) is 6.36. The Morgan fingerprint density at radius 2 is 1.80 bits per heavy atom. The molecule has 0 spiro atoms. The zero-order valence-corrected chi connectivity index (χ0v) is 11.2. The molecular weight excluding hydrogens is 250 g/mol. The van der Waals surface area contributed by atoms with E-state index in [0.29, 0.717) is 11.3 Å². The van der Waals surface area contributed by atoms with Crippen LogP contribution in [0.3, 0.4) is 0 Å². The van der Waals surface area contributed by atoms with E-state index < -0.39 is 5.92 Å². The van der Waals surface area contributed by atoms with Crippen LogP contribution in [0.1, 0.15) is 28.3 Å². The predicted octanol–water partition coefficient (Wildman–Crippen LogP) is 3.58. The lowest BCUT2D eigenvalue weighted by Crippen LogP contribution is -2.06. The highest BCUT2D eigenvalue weighted by Crippen LogP contribution is 2.21. The van der Waals surface area contributed by atoms with Crippen LogP contribution >= 0.6 is 0 Å². The van der Waals surface area contributed by atoms with Crippen LogP contribution in [0.25, 0.3) is 0 Å². The summed E-state index contributed by atoms with van der Waals surface area (Å²) in [6.45, 7) is 0. The predicted molar refractivity (Wildman–Crippen MR) is 76.7 cm³/mol. The summed E-state index contributed by atoms with van der Waals surface area (Å²) in [5, 5.41) is 9.24. The van der Waals surface area contributed by atoms with E-state index >= 15 is 0 Å². The van der Waals surface area contributed by atoms with Crippen LogP contribution < -0.4 is 4.74 Å². The van der Waals surface area contributed by atoms with Crippen molar-refractivity contribution < 1.29 is 9.53 Å². The number of carbonyl (C=O) groups is 1. The number of Topliss-reactive ketones (excluding diaryl/α,β-unsaturated/α-hetero) is 1. The van der Waals surface area contributed by atoms with E-state index in [1.165, 1.54) is 0 Å². The monoisotopic (exact) mass is 265 g/mol. The third kappa shape index (κ3) is 3.24. The van der Waals surface area contributed by atoms with E-state index in [1.807, 2.05) is 30.3 Å². The average Bonchev–Trinajstić information content (AvgIpc) is 2.53. The molecule has 0 bridgehead atoms. The van der Waals surface area contributed by atoms with Gasteiger partial charge in [0.25, 0.3) is 0 Å². The number of hydrogen-bond acceptors (Lipinski definition) is 3. The lowest BCUT2D eigenvalue weighted by Gasteiger charge is -2.09. The highest BCUT2D eigenvalue weighted by molar-refractivity contribution is 5.96. The molecule has 0 aliphatic carbocycles. The number of nitrogens with zero attached hydrogens (tertiary/aromatic N) is 1. The van der Waals surface area contributed by atoms with Gasteiger partial charge in [-0.15, -0.1) is 0 Å². The lowest BCUT2D eigenvalue weighted by atomic mass is 9.93. The number of benzene rings is 2. The molecule has 100 valence electrons. The van der Waals surface area contributed by atoms with Gasteiger partial charge in [-0.3, -0.25) is 4.79 Å². The van der Waals surface area contributed by atoms with Crippen molar-refractivity contribution in [3.8, 4) is 11.8 Å². The molecule has 0 aliphatic heterocycles. The highest BCUT2D eigenvalue weighted by atomic mass is 16.5. The standard InChI is InChI=1S/C17H15NO2/c1-20-16-9-7-14(8-10-16)17(19)11-15(12-18)13-5-3-2-4-6-13/h2-10,15H,11H2,1H3/t15-/m0/s1. The van der Waals surface area contributed by atoms with Crippen molar-refractivity contribution in [1.29, 1.82) is 5.26 Å². The Hall–Kier alpha value is -2.60. The van der Waals surface area contributed by atoms with Gasteiger partial charge in [-0.2, -0.15) is 5.26 Å². The second-order valence-electron chi connectivity index (χ2n) is 4.45. The summed E-state index contributed by atoms with van der Waals surface area (Å²) in [7, 11) is 1.58. The SMILES string of the molecule is COc1ccc(C(=O)C[C@@H](C#N)c2ccccc2)cc1. The maximum absolute atomic E-state index is 12.2. The largest absolute Gasteiger partial charge is 0.497 e. The third-order valence-corrected chi connectivity index (χ3v) is 3.16. The molecule has 2 aromatic carbocycles. The molecule has 0 aliphatic rings. The molecule has 0 radical (unpaired) electrons.